The number of aliphatic hydroxyl groups is 1. The predicted octanol–water partition coefficient (Wildman–Crippen LogP) is 4.70. The molecule has 2 amide bonds. The van der Waals surface area contributed by atoms with Crippen molar-refractivity contribution in [3.05, 3.63) is 94.1 Å². The Labute approximate surface area is 242 Å². The molecule has 8 heteroatoms. The molecule has 0 bridgehead atoms. The number of halogens is 2. The smallest absolute Gasteiger partial charge is 0.249 e. The molecule has 1 unspecified atom stereocenters. The Morgan fingerprint density at radius 3 is 2.37 bits per heavy atom. The number of carbonyl (C=O) groups excluding carboxylic acids is 2. The molecule has 6 nitrogen and oxygen atoms in total. The van der Waals surface area contributed by atoms with E-state index in [0.717, 1.165) is 18.1 Å². The molecule has 0 saturated carbocycles. The standard InChI is InChI=1S/C33H43F2N3O3/c1-6-23-8-7-9-24(11-23)18-37-19-30(39)29(14-25-12-27(34)15-28(35)13-25)33(32(36)41)16-22(4)10-26(17-33)31(40)38(5)20-21(2)3/h7-13,15-16,21,29-30,37,39H,6,14,17-20H2,1-5H3,(H2,36,41)/t29-,30+,33?/m1/s1. The van der Waals surface area contributed by atoms with Crippen molar-refractivity contribution < 1.29 is 23.5 Å². The zero-order valence-electron chi connectivity index (χ0n) is 24.7. The van der Waals surface area contributed by atoms with Crippen LogP contribution in [0.5, 0.6) is 0 Å². The third-order valence-corrected chi connectivity index (χ3v) is 7.68. The monoisotopic (exact) mass is 567 g/mol. The maximum atomic E-state index is 14.2. The second kappa shape index (κ2) is 14.0. The average molecular weight is 568 g/mol. The van der Waals surface area contributed by atoms with E-state index in [1.165, 1.54) is 17.7 Å². The van der Waals surface area contributed by atoms with Gasteiger partial charge in [0.05, 0.1) is 11.5 Å². The molecule has 2 aromatic carbocycles. The number of nitrogens with one attached hydrogen (secondary N) is 1. The van der Waals surface area contributed by atoms with Crippen LogP contribution in [0, 0.1) is 28.9 Å². The van der Waals surface area contributed by atoms with E-state index in [-0.39, 0.29) is 36.8 Å². The maximum absolute atomic E-state index is 14.2. The molecule has 2 aromatic rings. The Hall–Kier alpha value is -3.36. The van der Waals surface area contributed by atoms with Crippen molar-refractivity contribution in [2.45, 2.75) is 59.6 Å². The van der Waals surface area contributed by atoms with E-state index in [0.29, 0.717) is 24.2 Å². The lowest BCUT2D eigenvalue weighted by Gasteiger charge is -2.42. The van der Waals surface area contributed by atoms with Crippen LogP contribution in [0.1, 0.15) is 50.8 Å². The fraction of sp³-hybridized carbons (Fsp3) is 0.455. The third kappa shape index (κ3) is 8.33. The number of amides is 2. The number of nitrogens with zero attached hydrogens (tertiary/aromatic N) is 1. The molecule has 1 aliphatic rings. The van der Waals surface area contributed by atoms with Crippen molar-refractivity contribution in [1.82, 2.24) is 10.2 Å². The van der Waals surface area contributed by atoms with Crippen LogP contribution >= 0.6 is 0 Å². The van der Waals surface area contributed by atoms with E-state index < -0.39 is 35.0 Å². The lowest BCUT2D eigenvalue weighted by molar-refractivity contribution is -0.131. The van der Waals surface area contributed by atoms with Gasteiger partial charge in [0, 0.05) is 44.2 Å². The van der Waals surface area contributed by atoms with Gasteiger partial charge in [0.15, 0.2) is 0 Å². The zero-order chi connectivity index (χ0) is 30.3. The Kier molecular flexibility index (Phi) is 11.0. The summed E-state index contributed by atoms with van der Waals surface area (Å²) in [5.41, 5.74) is 8.19. The molecule has 0 aliphatic heterocycles. The van der Waals surface area contributed by atoms with E-state index in [1.54, 1.807) is 31.0 Å². The maximum Gasteiger partial charge on any atom is 0.249 e. The molecule has 0 heterocycles. The van der Waals surface area contributed by atoms with Gasteiger partial charge >= 0.3 is 0 Å². The number of nitrogens with two attached hydrogens (primary N) is 1. The summed E-state index contributed by atoms with van der Waals surface area (Å²) in [4.78, 5) is 28.3. The van der Waals surface area contributed by atoms with Gasteiger partial charge in [-0.15, -0.1) is 0 Å². The average Bonchev–Trinajstić information content (AvgIpc) is 2.89. The molecule has 1 aliphatic carbocycles. The summed E-state index contributed by atoms with van der Waals surface area (Å²) in [7, 11) is 1.71. The Balaban J connectivity index is 1.96. The molecule has 3 rings (SSSR count). The molecule has 3 atom stereocenters. The molecule has 41 heavy (non-hydrogen) atoms. The number of primary amides is 1. The summed E-state index contributed by atoms with van der Waals surface area (Å²) in [5.74, 6) is -3.08. The van der Waals surface area contributed by atoms with E-state index in [4.69, 9.17) is 5.73 Å². The number of rotatable bonds is 13. The normalized spacial score (nSPS) is 18.5. The number of allylic oxidation sites excluding steroid dienone is 2. The fourth-order valence-corrected chi connectivity index (χ4v) is 5.84. The van der Waals surface area contributed by atoms with Gasteiger partial charge in [0.25, 0.3) is 0 Å². The quantitative estimate of drug-likeness (QED) is 0.327. The first-order valence-electron chi connectivity index (χ1n) is 14.2. The van der Waals surface area contributed by atoms with Crippen LogP contribution in [0.15, 0.2) is 65.8 Å². The van der Waals surface area contributed by atoms with Crippen LogP contribution < -0.4 is 11.1 Å². The number of hydrogen-bond acceptors (Lipinski definition) is 4. The number of likely N-dealkylation sites (N-methyl/N-ethyl adjacent to an activating group) is 1. The van der Waals surface area contributed by atoms with Gasteiger partial charge in [-0.2, -0.15) is 0 Å². The van der Waals surface area contributed by atoms with Crippen LogP contribution in [0.4, 0.5) is 8.78 Å². The minimum atomic E-state index is -1.46. The highest BCUT2D eigenvalue weighted by Gasteiger charge is 2.48. The van der Waals surface area contributed by atoms with Crippen molar-refractivity contribution in [1.29, 1.82) is 0 Å². The first kappa shape index (κ1) is 32.2. The topological polar surface area (TPSA) is 95.7 Å². The first-order chi connectivity index (χ1) is 19.3. The van der Waals surface area contributed by atoms with Crippen molar-refractivity contribution >= 4 is 11.8 Å². The molecular formula is C33H43F2N3O3. The largest absolute Gasteiger partial charge is 0.391 e. The molecule has 222 valence electrons. The lowest BCUT2D eigenvalue weighted by Crippen LogP contribution is -2.51. The molecular weight excluding hydrogens is 524 g/mol. The molecule has 0 spiro atoms. The molecule has 0 radical (unpaired) electrons. The van der Waals surface area contributed by atoms with E-state index in [1.807, 2.05) is 32.0 Å². The van der Waals surface area contributed by atoms with Crippen LogP contribution in [0.3, 0.4) is 0 Å². The minimum absolute atomic E-state index is 0.0288. The summed E-state index contributed by atoms with van der Waals surface area (Å²) in [6.07, 6.45) is 3.15. The van der Waals surface area contributed by atoms with Crippen LogP contribution in [0.2, 0.25) is 0 Å². The predicted molar refractivity (Wildman–Crippen MR) is 158 cm³/mol. The van der Waals surface area contributed by atoms with Gasteiger partial charge in [0.1, 0.15) is 11.6 Å². The van der Waals surface area contributed by atoms with Crippen LogP contribution in [-0.2, 0) is 29.0 Å². The summed E-state index contributed by atoms with van der Waals surface area (Å²) < 4.78 is 28.3. The Bertz CT molecular complexity index is 1290. The van der Waals surface area contributed by atoms with Crippen LogP contribution in [0.25, 0.3) is 0 Å². The highest BCUT2D eigenvalue weighted by Crippen LogP contribution is 2.44. The minimum Gasteiger partial charge on any atom is -0.391 e. The summed E-state index contributed by atoms with van der Waals surface area (Å²) in [6, 6.07) is 11.3. The molecule has 0 saturated heterocycles. The van der Waals surface area contributed by atoms with E-state index in [9.17, 15) is 23.5 Å². The Morgan fingerprint density at radius 1 is 1.10 bits per heavy atom. The number of carbonyl (C=O) groups is 2. The van der Waals surface area contributed by atoms with E-state index in [2.05, 4.69) is 18.3 Å². The van der Waals surface area contributed by atoms with Gasteiger partial charge in [-0.05, 0) is 60.9 Å². The number of aryl methyl sites for hydroxylation is 1. The van der Waals surface area contributed by atoms with Crippen molar-refractivity contribution in [2.75, 3.05) is 20.1 Å². The van der Waals surface area contributed by atoms with Gasteiger partial charge in [-0.3, -0.25) is 9.59 Å². The first-order valence-corrected chi connectivity index (χ1v) is 14.2. The number of benzene rings is 2. The van der Waals surface area contributed by atoms with E-state index >= 15 is 0 Å². The van der Waals surface area contributed by atoms with Crippen molar-refractivity contribution in [2.24, 2.45) is 23.0 Å². The van der Waals surface area contributed by atoms with Crippen LogP contribution in [-0.4, -0.2) is 48.1 Å². The Morgan fingerprint density at radius 2 is 1.76 bits per heavy atom. The summed E-state index contributed by atoms with van der Waals surface area (Å²) >= 11 is 0. The number of hydrogen-bond donors (Lipinski definition) is 3. The summed E-state index contributed by atoms with van der Waals surface area (Å²) in [6.45, 7) is 8.97. The molecule has 0 aromatic heterocycles. The zero-order valence-corrected chi connectivity index (χ0v) is 24.7. The number of aliphatic hydroxyl groups excluding tert-OH is 1. The van der Waals surface area contributed by atoms with Crippen molar-refractivity contribution in [3.8, 4) is 0 Å². The second-order valence-electron chi connectivity index (χ2n) is 11.7. The molecule has 4 N–H and O–H groups in total. The highest BCUT2D eigenvalue weighted by molar-refractivity contribution is 5.96. The second-order valence-corrected chi connectivity index (χ2v) is 11.7. The third-order valence-electron chi connectivity index (χ3n) is 7.68. The summed E-state index contributed by atoms with van der Waals surface area (Å²) in [5, 5.41) is 14.9. The molecule has 0 fully saturated rings. The van der Waals surface area contributed by atoms with Gasteiger partial charge in [-0.25, -0.2) is 8.78 Å². The van der Waals surface area contributed by atoms with Crippen molar-refractivity contribution in [3.63, 3.8) is 0 Å². The highest BCUT2D eigenvalue weighted by atomic mass is 19.1. The van der Waals surface area contributed by atoms with Gasteiger partial charge in [-0.1, -0.05) is 62.8 Å². The fourth-order valence-electron chi connectivity index (χ4n) is 5.84. The lowest BCUT2D eigenvalue weighted by atomic mass is 9.63. The SMILES string of the molecule is CCc1cccc(CNC[C@H](O)[C@@H](Cc2cc(F)cc(F)c2)C2(C(N)=O)C=C(C)C=C(C(=O)N(C)CC(C)C)C2)c1. The van der Waals surface area contributed by atoms with Gasteiger partial charge in [0.2, 0.25) is 11.8 Å². The van der Waals surface area contributed by atoms with Gasteiger partial charge < -0.3 is 21.1 Å².